The third-order valence-electron chi connectivity index (χ3n) is 0.0667. The third kappa shape index (κ3) is 19.6. The van der Waals surface area contributed by atoms with Gasteiger partial charge < -0.3 is 11.8 Å². The Morgan fingerprint density at radius 3 is 2.00 bits per heavy atom. The first-order chi connectivity index (χ1) is 2.27. The van der Waals surface area contributed by atoms with Crippen molar-refractivity contribution in [2.45, 2.75) is 0 Å². The van der Waals surface area contributed by atoms with Gasteiger partial charge in [0.2, 0.25) is 0 Å². The Balaban J connectivity index is -0.0000000267. The normalized spacial score (nSPS) is 8.00. The van der Waals surface area contributed by atoms with E-state index >= 15 is 0 Å². The van der Waals surface area contributed by atoms with Gasteiger partial charge in [-0.3, -0.25) is 0 Å². The molecule has 0 aromatic heterocycles. The molecule has 0 aliphatic heterocycles. The van der Waals surface area contributed by atoms with Crippen LogP contribution in [0.3, 0.4) is 0 Å². The fraction of sp³-hybridized carbons (Fsp3) is 0. The fourth-order valence-corrected chi connectivity index (χ4v) is 0. The molecular formula is H4NaO5P. The van der Waals surface area contributed by atoms with Gasteiger partial charge in [-0.25, -0.2) is 5.26 Å². The van der Waals surface area contributed by atoms with Crippen LogP contribution in [0, 0.1) is 0 Å². The van der Waals surface area contributed by atoms with Crippen LogP contribution in [-0.4, -0.2) is 10.7 Å². The Labute approximate surface area is 64.3 Å². The molecule has 0 saturated heterocycles. The Hall–Kier alpha value is 0.940. The minimum absolute atomic E-state index is 0. The summed E-state index contributed by atoms with van der Waals surface area (Å²) >= 11 is 0. The number of hydrogen-bond acceptors (Lipinski definition) is 4. The van der Waals surface area contributed by atoms with Crippen molar-refractivity contribution in [2.24, 2.45) is 0 Å². The van der Waals surface area contributed by atoms with E-state index in [2.05, 4.69) is 4.67 Å². The summed E-state index contributed by atoms with van der Waals surface area (Å²) in [6, 6.07) is 0. The second-order valence-corrected chi connectivity index (χ2v) is 0.916. The van der Waals surface area contributed by atoms with Crippen molar-refractivity contribution in [1.29, 1.82) is 0 Å². The summed E-state index contributed by atoms with van der Waals surface area (Å²) in [5.41, 5.74) is 0. The first-order valence-electron chi connectivity index (χ1n) is 0.730. The van der Waals surface area contributed by atoms with Gasteiger partial charge in [-0.2, -0.15) is 0 Å². The van der Waals surface area contributed by atoms with Crippen molar-refractivity contribution < 1.29 is 55.9 Å². The van der Waals surface area contributed by atoms with E-state index in [0.29, 0.717) is 0 Å². The summed E-state index contributed by atoms with van der Waals surface area (Å²) in [5, 5.41) is 7.05. The first-order valence-corrected chi connectivity index (χ1v) is 1.83. The average Bonchev–Trinajstić information content (AvgIpc) is 1.38. The zero-order chi connectivity index (χ0) is 4.28. The van der Waals surface area contributed by atoms with Crippen LogP contribution in [0.15, 0.2) is 0 Å². The SMILES string of the molecule is O.O=[P+]([O-])OO.[H-].[Na+]. The molecular weight excluding hydrogens is 134 g/mol. The second kappa shape index (κ2) is 10.0. The van der Waals surface area contributed by atoms with Crippen molar-refractivity contribution in [3.63, 3.8) is 0 Å². The molecule has 0 aromatic carbocycles. The zero-order valence-corrected chi connectivity index (χ0v) is 6.51. The van der Waals surface area contributed by atoms with Crippen molar-refractivity contribution in [3.8, 4) is 0 Å². The van der Waals surface area contributed by atoms with E-state index in [0.717, 1.165) is 0 Å². The van der Waals surface area contributed by atoms with Gasteiger partial charge in [0.1, 0.15) is 0 Å². The molecule has 5 nitrogen and oxygen atoms in total. The van der Waals surface area contributed by atoms with Crippen LogP contribution < -0.4 is 34.5 Å². The van der Waals surface area contributed by atoms with Crippen molar-refractivity contribution >= 4 is 8.25 Å². The molecule has 7 heavy (non-hydrogen) atoms. The van der Waals surface area contributed by atoms with E-state index in [9.17, 15) is 0 Å². The molecule has 0 aliphatic rings. The number of rotatable bonds is 1. The average molecular weight is 138 g/mol. The van der Waals surface area contributed by atoms with Gasteiger partial charge in [0.15, 0.2) is 0 Å². The Kier molecular flexibility index (Phi) is 22.5. The van der Waals surface area contributed by atoms with Crippen LogP contribution in [0.4, 0.5) is 0 Å². The van der Waals surface area contributed by atoms with Crippen LogP contribution in [0.25, 0.3) is 0 Å². The van der Waals surface area contributed by atoms with Gasteiger partial charge in [0.05, 0.1) is 0 Å². The van der Waals surface area contributed by atoms with E-state index < -0.39 is 8.25 Å². The Morgan fingerprint density at radius 2 is 2.00 bits per heavy atom. The van der Waals surface area contributed by atoms with Crippen LogP contribution in [-0.2, 0) is 9.24 Å². The van der Waals surface area contributed by atoms with Crippen LogP contribution >= 0.6 is 8.25 Å². The zero-order valence-electron chi connectivity index (χ0n) is 4.62. The van der Waals surface area contributed by atoms with Gasteiger partial charge in [-0.1, -0.05) is 0 Å². The monoisotopic (exact) mass is 138 g/mol. The van der Waals surface area contributed by atoms with E-state index in [1.807, 2.05) is 0 Å². The molecule has 0 saturated carbocycles. The molecule has 0 heterocycles. The molecule has 0 aliphatic carbocycles. The quantitative estimate of drug-likeness (QED) is 0.172. The summed E-state index contributed by atoms with van der Waals surface area (Å²) in [4.78, 5) is 8.93. The van der Waals surface area contributed by atoms with E-state index in [1.54, 1.807) is 0 Å². The molecule has 0 spiro atoms. The minimum Gasteiger partial charge on any atom is -1.00 e. The van der Waals surface area contributed by atoms with E-state index in [-0.39, 0.29) is 36.5 Å². The van der Waals surface area contributed by atoms with Crippen molar-refractivity contribution in [3.05, 3.63) is 0 Å². The van der Waals surface area contributed by atoms with Gasteiger partial charge in [0.25, 0.3) is 0 Å². The summed E-state index contributed by atoms with van der Waals surface area (Å²) in [7, 11) is -3.04. The molecule has 1 atom stereocenters. The number of hydrogen-bond donors (Lipinski definition) is 1. The van der Waals surface area contributed by atoms with Crippen LogP contribution in [0.2, 0.25) is 0 Å². The maximum atomic E-state index is 8.93. The van der Waals surface area contributed by atoms with Gasteiger partial charge in [0, 0.05) is 4.67 Å². The third-order valence-corrected chi connectivity index (χ3v) is 0.200. The summed E-state index contributed by atoms with van der Waals surface area (Å²) < 4.78 is 11.6. The van der Waals surface area contributed by atoms with E-state index in [4.69, 9.17) is 14.7 Å². The second-order valence-electron chi connectivity index (χ2n) is 0.305. The van der Waals surface area contributed by atoms with E-state index in [1.165, 1.54) is 0 Å². The molecule has 0 radical (unpaired) electrons. The molecule has 0 rings (SSSR count). The standard InChI is InChI=1S/Na.HO4P.H2O.H/c;1-4-5(2)3;;/h;1H;1H2;/q+1;;;-1. The maximum absolute atomic E-state index is 8.93. The molecule has 3 N–H and O–H groups in total. The maximum Gasteiger partial charge on any atom is 1.00 e. The molecule has 0 fully saturated rings. The van der Waals surface area contributed by atoms with Gasteiger partial charge >= 0.3 is 37.8 Å². The smallest absolute Gasteiger partial charge is 1.00 e. The predicted molar refractivity (Wildman–Crippen MR) is 16.0 cm³/mol. The molecule has 0 aromatic rings. The Bertz CT molecular complexity index is 47.7. The van der Waals surface area contributed by atoms with Gasteiger partial charge in [-0.15, -0.1) is 0 Å². The topological polar surface area (TPSA) is 101 Å². The van der Waals surface area contributed by atoms with Gasteiger partial charge in [-0.05, 0) is 4.57 Å². The predicted octanol–water partition coefficient (Wildman–Crippen LogP) is -4.21. The fourth-order valence-electron chi connectivity index (χ4n) is 0. The largest absolute Gasteiger partial charge is 1.00 e. The van der Waals surface area contributed by atoms with Crippen LogP contribution in [0.1, 0.15) is 1.43 Å². The molecule has 0 amide bonds. The molecule has 0 bridgehead atoms. The van der Waals surface area contributed by atoms with Crippen molar-refractivity contribution in [1.82, 2.24) is 0 Å². The van der Waals surface area contributed by atoms with Crippen molar-refractivity contribution in [2.75, 3.05) is 0 Å². The van der Waals surface area contributed by atoms with Crippen LogP contribution in [0.5, 0.6) is 0 Å². The summed E-state index contributed by atoms with van der Waals surface area (Å²) in [6.07, 6.45) is 0. The molecule has 40 valence electrons. The first kappa shape index (κ1) is 15.7. The Morgan fingerprint density at radius 1 is 1.86 bits per heavy atom. The summed E-state index contributed by atoms with van der Waals surface area (Å²) in [6.45, 7) is 0. The summed E-state index contributed by atoms with van der Waals surface area (Å²) in [5.74, 6) is 0. The molecule has 1 unspecified atom stereocenters. The minimum atomic E-state index is -3.04. The molecule has 7 heteroatoms.